The predicted octanol–water partition coefficient (Wildman–Crippen LogP) is 1.96. The van der Waals surface area contributed by atoms with Crippen LogP contribution in [-0.4, -0.2) is 13.0 Å². The smallest absolute Gasteiger partial charge is 0.317 e. The van der Waals surface area contributed by atoms with Crippen molar-refractivity contribution < 1.29 is 9.18 Å². The van der Waals surface area contributed by atoms with E-state index in [0.717, 1.165) is 22.7 Å². The van der Waals surface area contributed by atoms with E-state index in [9.17, 15) is 9.18 Å². The highest BCUT2D eigenvalue weighted by molar-refractivity contribution is 6.15. The van der Waals surface area contributed by atoms with Gasteiger partial charge in [0.1, 0.15) is 11.0 Å². The van der Waals surface area contributed by atoms with Crippen molar-refractivity contribution in [2.45, 2.75) is 32.1 Å². The van der Waals surface area contributed by atoms with Crippen molar-refractivity contribution >= 4 is 17.3 Å². The topological polar surface area (TPSA) is 32.1 Å². The van der Waals surface area contributed by atoms with Gasteiger partial charge in [0, 0.05) is 25.2 Å². The van der Waals surface area contributed by atoms with Crippen molar-refractivity contribution in [2.75, 3.05) is 7.05 Å². The normalized spacial score (nSPS) is 15.8. The Kier molecular flexibility index (Phi) is 3.48. The number of nitrogens with zero attached hydrogens (tertiary/aromatic N) is 1. The predicted molar refractivity (Wildman–Crippen MR) is 91.8 cm³/mol. The fraction of sp³-hybridized carbons (Fsp3) is 0.300. The molecule has 2 aliphatic rings. The van der Waals surface area contributed by atoms with Crippen LogP contribution in [0.5, 0.6) is 0 Å². The van der Waals surface area contributed by atoms with Crippen LogP contribution in [0.4, 0.5) is 10.1 Å². The van der Waals surface area contributed by atoms with Gasteiger partial charge >= 0.3 is 5.91 Å². The van der Waals surface area contributed by atoms with Gasteiger partial charge in [-0.1, -0.05) is 6.92 Å². The average Bonchev–Trinajstić information content (AvgIpc) is 3.42. The molecule has 0 aromatic heterocycles. The summed E-state index contributed by atoms with van der Waals surface area (Å²) < 4.78 is 15.2. The van der Waals surface area contributed by atoms with Gasteiger partial charge in [0.25, 0.3) is 5.70 Å². The van der Waals surface area contributed by atoms with Gasteiger partial charge in [-0.05, 0) is 54.5 Å². The molecule has 0 unspecified atom stereocenters. The Morgan fingerprint density at radius 2 is 1.96 bits per heavy atom. The molecule has 1 amide bonds. The second-order valence-corrected chi connectivity index (χ2v) is 6.44. The van der Waals surface area contributed by atoms with Crippen LogP contribution in [0, 0.1) is 5.82 Å². The van der Waals surface area contributed by atoms with Gasteiger partial charge in [-0.15, -0.1) is 4.58 Å². The Labute approximate surface area is 140 Å². The molecule has 1 heterocycles. The van der Waals surface area contributed by atoms with E-state index in [1.54, 1.807) is 19.2 Å². The van der Waals surface area contributed by atoms with E-state index in [-0.39, 0.29) is 11.7 Å². The van der Waals surface area contributed by atoms with E-state index in [0.29, 0.717) is 11.6 Å². The molecular formula is C20H20FN2O+. The van der Waals surface area contributed by atoms with Gasteiger partial charge in [0.05, 0.1) is 0 Å². The molecule has 2 aromatic carbocycles. The van der Waals surface area contributed by atoms with Crippen molar-refractivity contribution in [1.29, 1.82) is 0 Å². The summed E-state index contributed by atoms with van der Waals surface area (Å²) in [4.78, 5) is 12.4. The van der Waals surface area contributed by atoms with Gasteiger partial charge in [-0.3, -0.25) is 4.79 Å². The van der Waals surface area contributed by atoms with Crippen LogP contribution in [0.2, 0.25) is 0 Å². The lowest BCUT2D eigenvalue weighted by atomic mass is 9.96. The summed E-state index contributed by atoms with van der Waals surface area (Å²) in [5.74, 6) is 0.258. The highest BCUT2D eigenvalue weighted by Gasteiger charge is 2.36. The maximum absolute atomic E-state index is 13.3. The number of carbonyl (C=O) groups is 1. The molecule has 4 heteroatoms. The Balaban J connectivity index is 1.97. The maximum atomic E-state index is 13.3. The third kappa shape index (κ3) is 2.25. The minimum absolute atomic E-state index is 0.113. The lowest BCUT2D eigenvalue weighted by molar-refractivity contribution is -0.115. The van der Waals surface area contributed by atoms with Crippen LogP contribution < -0.4 is 20.5 Å². The zero-order valence-electron chi connectivity index (χ0n) is 13.9. The molecule has 1 N–H and O–H groups in total. The number of likely N-dealkylation sites (N-methyl/N-ethyl adjacent to an activating group) is 1. The maximum Gasteiger partial charge on any atom is 0.317 e. The van der Waals surface area contributed by atoms with Gasteiger partial charge < -0.3 is 5.32 Å². The molecule has 24 heavy (non-hydrogen) atoms. The summed E-state index contributed by atoms with van der Waals surface area (Å²) in [7, 11) is 1.64. The number of amides is 1. The molecule has 0 spiro atoms. The fourth-order valence-electron chi connectivity index (χ4n) is 3.49. The van der Waals surface area contributed by atoms with Gasteiger partial charge in [0.2, 0.25) is 11.0 Å². The van der Waals surface area contributed by atoms with Crippen LogP contribution in [0.25, 0.3) is 5.70 Å². The van der Waals surface area contributed by atoms with E-state index in [1.807, 2.05) is 4.58 Å². The van der Waals surface area contributed by atoms with Crippen molar-refractivity contribution in [1.82, 2.24) is 9.89 Å². The molecule has 122 valence electrons. The molecule has 0 atom stereocenters. The molecule has 0 radical (unpaired) electrons. The van der Waals surface area contributed by atoms with Crippen molar-refractivity contribution in [3.63, 3.8) is 0 Å². The highest BCUT2D eigenvalue weighted by Crippen LogP contribution is 2.41. The van der Waals surface area contributed by atoms with Crippen LogP contribution in [0.1, 0.15) is 36.8 Å². The molecule has 1 saturated carbocycles. The van der Waals surface area contributed by atoms with Gasteiger partial charge in [-0.25, -0.2) is 4.39 Å². The first-order valence-corrected chi connectivity index (χ1v) is 8.46. The molecule has 0 saturated heterocycles. The lowest BCUT2D eigenvalue weighted by Gasteiger charge is -2.15. The average molecular weight is 323 g/mol. The van der Waals surface area contributed by atoms with E-state index in [4.69, 9.17) is 0 Å². The number of fused-ring (bicyclic) bond motifs is 1. The standard InChI is InChI=1S/C20H19FN2O/c1-3-12-10-18-17(11-16(12)13-4-5-13)19(20(24)22-2)23(18)15-8-6-14(21)7-9-15/h6-11,13H,3-5H2,1-2H3/p+1. The first kappa shape index (κ1) is 15.1. The van der Waals surface area contributed by atoms with E-state index in [1.165, 1.54) is 36.1 Å². The van der Waals surface area contributed by atoms with E-state index in [2.05, 4.69) is 24.4 Å². The summed E-state index contributed by atoms with van der Waals surface area (Å²) in [5.41, 5.74) is 4.18. The Morgan fingerprint density at radius 1 is 1.25 bits per heavy atom. The molecule has 3 nitrogen and oxygen atoms in total. The first-order valence-electron chi connectivity index (χ1n) is 8.46. The first-order chi connectivity index (χ1) is 11.6. The fourth-order valence-corrected chi connectivity index (χ4v) is 3.49. The summed E-state index contributed by atoms with van der Waals surface area (Å²) in [6, 6.07) is 10.7. The summed E-state index contributed by atoms with van der Waals surface area (Å²) in [6.07, 6.45) is 3.46. The number of benzene rings is 2. The minimum Gasteiger partial charge on any atom is -0.350 e. The quantitative estimate of drug-likeness (QED) is 0.857. The molecule has 0 bridgehead atoms. The molecular weight excluding hydrogens is 303 g/mol. The number of carbonyl (C=O) groups excluding carboxylic acids is 1. The molecule has 2 aromatic rings. The summed E-state index contributed by atoms with van der Waals surface area (Å²) >= 11 is 0. The third-order valence-electron chi connectivity index (χ3n) is 4.90. The highest BCUT2D eigenvalue weighted by atomic mass is 19.1. The molecule has 1 fully saturated rings. The minimum atomic E-state index is -0.278. The van der Waals surface area contributed by atoms with Gasteiger partial charge in [0.15, 0.2) is 0 Å². The molecule has 1 aliphatic carbocycles. The zero-order valence-corrected chi connectivity index (χ0v) is 13.9. The van der Waals surface area contributed by atoms with E-state index >= 15 is 0 Å². The largest absolute Gasteiger partial charge is 0.350 e. The number of nitrogens with one attached hydrogen (secondary N) is 1. The monoisotopic (exact) mass is 323 g/mol. The second-order valence-electron chi connectivity index (χ2n) is 6.44. The molecule has 1 aliphatic heterocycles. The Hall–Kier alpha value is -2.49. The Morgan fingerprint density at radius 3 is 2.54 bits per heavy atom. The number of aryl methyl sites for hydroxylation is 1. The molecule has 4 rings (SSSR count). The Bertz CT molecular complexity index is 956. The zero-order chi connectivity index (χ0) is 16.8. The number of hydrogen-bond acceptors (Lipinski definition) is 1. The lowest BCUT2D eigenvalue weighted by Crippen LogP contribution is -2.54. The van der Waals surface area contributed by atoms with Crippen LogP contribution in [0.15, 0.2) is 36.4 Å². The van der Waals surface area contributed by atoms with Crippen LogP contribution in [-0.2, 0) is 11.2 Å². The summed E-state index contributed by atoms with van der Waals surface area (Å²) in [5, 5.41) is 4.75. The van der Waals surface area contributed by atoms with E-state index < -0.39 is 0 Å². The summed E-state index contributed by atoms with van der Waals surface area (Å²) in [6.45, 7) is 2.16. The second kappa shape index (κ2) is 5.55. The number of halogens is 1. The van der Waals surface area contributed by atoms with Gasteiger partial charge in [-0.2, -0.15) is 0 Å². The van der Waals surface area contributed by atoms with Crippen LogP contribution >= 0.6 is 0 Å². The number of rotatable bonds is 4. The number of hydrogen-bond donors (Lipinski definition) is 1. The van der Waals surface area contributed by atoms with Crippen molar-refractivity contribution in [3.8, 4) is 0 Å². The van der Waals surface area contributed by atoms with Crippen LogP contribution in [0.3, 0.4) is 0 Å². The third-order valence-corrected chi connectivity index (χ3v) is 4.90. The van der Waals surface area contributed by atoms with Crippen molar-refractivity contribution in [3.05, 3.63) is 63.9 Å². The SMILES string of the molecule is CCc1cc2c(cc1C1CC1)=C(C(=O)NC)[N+]=2c1ccc(F)cc1. The van der Waals surface area contributed by atoms with Crippen molar-refractivity contribution in [2.24, 2.45) is 0 Å².